The topological polar surface area (TPSA) is 82.1 Å². The van der Waals surface area contributed by atoms with Crippen molar-refractivity contribution in [2.75, 3.05) is 25.4 Å². The summed E-state index contributed by atoms with van der Waals surface area (Å²) >= 11 is 0. The summed E-state index contributed by atoms with van der Waals surface area (Å²) < 4.78 is 8.21. The molecule has 144 valence electrons. The highest BCUT2D eigenvalue weighted by Gasteiger charge is 2.42. The number of likely N-dealkylation sites (tertiary alicyclic amines) is 1. The first-order chi connectivity index (χ1) is 13.7. The zero-order valence-electron chi connectivity index (χ0n) is 15.8. The van der Waals surface area contributed by atoms with Crippen LogP contribution < -0.4 is 5.73 Å². The maximum absolute atomic E-state index is 6.28. The normalized spacial score (nSPS) is 18.9. The van der Waals surface area contributed by atoms with Gasteiger partial charge in [0.2, 0.25) is 5.95 Å². The summed E-state index contributed by atoms with van der Waals surface area (Å²) in [5, 5.41) is 4.39. The largest absolute Gasteiger partial charge is 0.368 e. The fourth-order valence-electron chi connectivity index (χ4n) is 4.40. The second kappa shape index (κ2) is 7.00. The lowest BCUT2D eigenvalue weighted by Gasteiger charge is -2.44. The van der Waals surface area contributed by atoms with E-state index in [9.17, 15) is 0 Å². The Morgan fingerprint density at radius 1 is 1.14 bits per heavy atom. The molecule has 5 rings (SSSR count). The number of nitrogens with zero attached hydrogens (tertiary/aromatic N) is 5. The number of ether oxygens (including phenoxy) is 1. The van der Waals surface area contributed by atoms with Gasteiger partial charge in [-0.1, -0.05) is 18.2 Å². The Hall–Kier alpha value is -2.77. The van der Waals surface area contributed by atoms with E-state index in [2.05, 4.69) is 44.2 Å². The molecule has 1 spiro atoms. The predicted molar refractivity (Wildman–Crippen MR) is 106 cm³/mol. The van der Waals surface area contributed by atoms with Crippen molar-refractivity contribution in [1.29, 1.82) is 0 Å². The summed E-state index contributed by atoms with van der Waals surface area (Å²) in [6, 6.07) is 10.4. The fraction of sp³-hybridized carbons (Fsp3) is 0.381. The first kappa shape index (κ1) is 17.3. The highest BCUT2D eigenvalue weighted by Crippen LogP contribution is 2.40. The summed E-state index contributed by atoms with van der Waals surface area (Å²) in [6.45, 7) is 3.53. The van der Waals surface area contributed by atoms with Crippen LogP contribution in [0.2, 0.25) is 0 Å². The van der Waals surface area contributed by atoms with Crippen molar-refractivity contribution in [2.24, 2.45) is 0 Å². The Morgan fingerprint density at radius 3 is 2.82 bits per heavy atom. The molecule has 1 aromatic carbocycles. The van der Waals surface area contributed by atoms with Crippen molar-refractivity contribution in [2.45, 2.75) is 31.4 Å². The number of aromatic nitrogens is 4. The van der Waals surface area contributed by atoms with E-state index in [4.69, 9.17) is 10.5 Å². The standard InChI is InChI=1S/C21H24N6O/c22-20-23-14-16-6-13-28-21(19(16)25-20)7-11-26(12-8-21)15-17-4-1-2-5-18(17)27-10-3-9-24-27/h1-5,9-10,14H,6-8,11-13,15H2,(H2,22,23,25). The molecule has 2 aromatic heterocycles. The molecular weight excluding hydrogens is 352 g/mol. The van der Waals surface area contributed by atoms with Gasteiger partial charge in [0, 0.05) is 38.2 Å². The second-order valence-electron chi connectivity index (χ2n) is 7.55. The first-order valence-corrected chi connectivity index (χ1v) is 9.80. The molecule has 0 amide bonds. The second-order valence-corrected chi connectivity index (χ2v) is 7.55. The highest BCUT2D eigenvalue weighted by molar-refractivity contribution is 5.40. The number of fused-ring (bicyclic) bond motifs is 2. The number of nitrogens with two attached hydrogens (primary N) is 1. The number of benzene rings is 1. The predicted octanol–water partition coefficient (Wildman–Crippen LogP) is 2.31. The van der Waals surface area contributed by atoms with Crippen molar-refractivity contribution < 1.29 is 4.74 Å². The third kappa shape index (κ3) is 3.06. The van der Waals surface area contributed by atoms with Crippen LogP contribution in [0.25, 0.3) is 5.69 Å². The lowest BCUT2D eigenvalue weighted by atomic mass is 9.83. The van der Waals surface area contributed by atoms with Crippen LogP contribution in [0.4, 0.5) is 5.95 Å². The fourth-order valence-corrected chi connectivity index (χ4v) is 4.40. The van der Waals surface area contributed by atoms with Gasteiger partial charge in [0.05, 0.1) is 18.0 Å². The molecule has 7 nitrogen and oxygen atoms in total. The van der Waals surface area contributed by atoms with Gasteiger partial charge in [-0.3, -0.25) is 4.90 Å². The zero-order valence-corrected chi connectivity index (χ0v) is 15.8. The van der Waals surface area contributed by atoms with Gasteiger partial charge in [0.25, 0.3) is 0 Å². The molecule has 0 radical (unpaired) electrons. The van der Waals surface area contributed by atoms with Crippen molar-refractivity contribution in [3.05, 3.63) is 65.7 Å². The van der Waals surface area contributed by atoms with Crippen molar-refractivity contribution in [1.82, 2.24) is 24.6 Å². The highest BCUT2D eigenvalue weighted by atomic mass is 16.5. The molecule has 1 saturated heterocycles. The molecule has 0 atom stereocenters. The van der Waals surface area contributed by atoms with E-state index in [1.807, 2.05) is 29.3 Å². The number of nitrogen functional groups attached to an aromatic ring is 1. The van der Waals surface area contributed by atoms with Gasteiger partial charge in [-0.15, -0.1) is 0 Å². The van der Waals surface area contributed by atoms with E-state index in [1.54, 1.807) is 0 Å². The van der Waals surface area contributed by atoms with Crippen molar-refractivity contribution in [3.63, 3.8) is 0 Å². The summed E-state index contributed by atoms with van der Waals surface area (Å²) in [4.78, 5) is 11.2. The molecule has 2 N–H and O–H groups in total. The molecule has 0 aliphatic carbocycles. The molecule has 28 heavy (non-hydrogen) atoms. The van der Waals surface area contributed by atoms with Crippen LogP contribution in [-0.2, 0) is 23.3 Å². The van der Waals surface area contributed by atoms with E-state index in [1.165, 1.54) is 11.1 Å². The molecule has 0 unspecified atom stereocenters. The third-order valence-electron chi connectivity index (χ3n) is 5.87. The number of piperidine rings is 1. The number of hydrogen-bond donors (Lipinski definition) is 1. The SMILES string of the molecule is Nc1ncc2c(n1)C1(CCN(Cc3ccccc3-n3cccn3)CC1)OCC2. The monoisotopic (exact) mass is 376 g/mol. The van der Waals surface area contributed by atoms with Gasteiger partial charge >= 0.3 is 0 Å². The maximum atomic E-state index is 6.28. The maximum Gasteiger partial charge on any atom is 0.220 e. The molecule has 2 aliphatic rings. The molecule has 1 fully saturated rings. The van der Waals surface area contributed by atoms with Gasteiger partial charge in [-0.2, -0.15) is 5.10 Å². The Labute approximate surface area is 164 Å². The van der Waals surface area contributed by atoms with E-state index < -0.39 is 0 Å². The summed E-state index contributed by atoms with van der Waals surface area (Å²) in [5.41, 5.74) is 10.1. The third-order valence-corrected chi connectivity index (χ3v) is 5.87. The Balaban J connectivity index is 1.34. The van der Waals surface area contributed by atoms with Crippen LogP contribution in [0.1, 0.15) is 29.7 Å². The van der Waals surface area contributed by atoms with E-state index in [0.29, 0.717) is 5.95 Å². The quantitative estimate of drug-likeness (QED) is 0.755. The van der Waals surface area contributed by atoms with Crippen LogP contribution in [0.3, 0.4) is 0 Å². The van der Waals surface area contributed by atoms with Gasteiger partial charge < -0.3 is 10.5 Å². The molecule has 0 bridgehead atoms. The molecule has 3 aromatic rings. The Bertz CT molecular complexity index is 963. The average molecular weight is 376 g/mol. The van der Waals surface area contributed by atoms with Gasteiger partial charge in [0.15, 0.2) is 0 Å². The van der Waals surface area contributed by atoms with Crippen LogP contribution in [-0.4, -0.2) is 44.3 Å². The summed E-state index contributed by atoms with van der Waals surface area (Å²) in [7, 11) is 0. The molecule has 7 heteroatoms. The van der Waals surface area contributed by atoms with Crippen LogP contribution in [0.15, 0.2) is 48.9 Å². The number of para-hydroxylation sites is 1. The molecular formula is C21H24N6O. The lowest BCUT2D eigenvalue weighted by Crippen LogP contribution is -2.47. The van der Waals surface area contributed by atoms with Gasteiger partial charge in [-0.05, 0) is 42.5 Å². The number of anilines is 1. The minimum atomic E-state index is -0.317. The summed E-state index contributed by atoms with van der Waals surface area (Å²) in [6.07, 6.45) is 8.36. The number of rotatable bonds is 3. The van der Waals surface area contributed by atoms with Gasteiger partial charge in [-0.25, -0.2) is 14.6 Å². The molecule has 2 aliphatic heterocycles. The summed E-state index contributed by atoms with van der Waals surface area (Å²) in [5.74, 6) is 0.333. The van der Waals surface area contributed by atoms with E-state index in [0.717, 1.165) is 56.9 Å². The average Bonchev–Trinajstić information content (AvgIpc) is 3.26. The zero-order chi connectivity index (χ0) is 19.0. The van der Waals surface area contributed by atoms with Gasteiger partial charge in [0.1, 0.15) is 5.60 Å². The molecule has 4 heterocycles. The van der Waals surface area contributed by atoms with Crippen LogP contribution in [0, 0.1) is 0 Å². The van der Waals surface area contributed by atoms with E-state index >= 15 is 0 Å². The molecule has 0 saturated carbocycles. The van der Waals surface area contributed by atoms with Crippen LogP contribution >= 0.6 is 0 Å². The van der Waals surface area contributed by atoms with Crippen molar-refractivity contribution in [3.8, 4) is 5.69 Å². The Kier molecular flexibility index (Phi) is 4.33. The van der Waals surface area contributed by atoms with Crippen LogP contribution in [0.5, 0.6) is 0 Å². The van der Waals surface area contributed by atoms with E-state index in [-0.39, 0.29) is 5.60 Å². The minimum Gasteiger partial charge on any atom is -0.368 e. The Morgan fingerprint density at radius 2 is 2.00 bits per heavy atom. The smallest absolute Gasteiger partial charge is 0.220 e. The first-order valence-electron chi connectivity index (χ1n) is 9.80. The van der Waals surface area contributed by atoms with Crippen molar-refractivity contribution >= 4 is 5.95 Å². The lowest BCUT2D eigenvalue weighted by molar-refractivity contribution is -0.102. The minimum absolute atomic E-state index is 0.317. The number of hydrogen-bond acceptors (Lipinski definition) is 6.